The summed E-state index contributed by atoms with van der Waals surface area (Å²) in [6.07, 6.45) is -3.86. The van der Waals surface area contributed by atoms with Gasteiger partial charge in [-0.3, -0.25) is 4.99 Å². The molecule has 12 heteroatoms. The molecule has 7 nitrogen and oxygen atoms in total. The summed E-state index contributed by atoms with van der Waals surface area (Å²) in [5, 5.41) is 3.12. The molecule has 1 saturated heterocycles. The van der Waals surface area contributed by atoms with E-state index in [2.05, 4.69) is 15.0 Å². The van der Waals surface area contributed by atoms with Gasteiger partial charge in [0, 0.05) is 19.6 Å². The quantitative estimate of drug-likeness (QED) is 0.246. The first-order valence-corrected chi connectivity index (χ1v) is 10.8. The number of ether oxygens (including phenoxy) is 1. The average molecular weight is 550 g/mol. The van der Waals surface area contributed by atoms with Crippen LogP contribution in [-0.2, 0) is 20.9 Å². The molecule has 29 heavy (non-hydrogen) atoms. The van der Waals surface area contributed by atoms with Gasteiger partial charge in [-0.05, 0) is 24.6 Å². The van der Waals surface area contributed by atoms with Crippen LogP contribution in [-0.4, -0.2) is 64.9 Å². The summed E-state index contributed by atoms with van der Waals surface area (Å²) in [7, 11) is -3.29. The number of hydrogen-bond acceptors (Lipinski definition) is 4. The van der Waals surface area contributed by atoms with Gasteiger partial charge in [-0.25, -0.2) is 13.1 Å². The van der Waals surface area contributed by atoms with Gasteiger partial charge in [0.05, 0.1) is 31.5 Å². The third kappa shape index (κ3) is 8.64. The monoisotopic (exact) mass is 550 g/mol. The van der Waals surface area contributed by atoms with Gasteiger partial charge in [-0.1, -0.05) is 12.1 Å². The smallest absolute Gasteiger partial charge is 0.370 e. The van der Waals surface area contributed by atoms with E-state index in [9.17, 15) is 21.6 Å². The minimum absolute atomic E-state index is 0. The lowest BCUT2D eigenvalue weighted by Crippen LogP contribution is -2.48. The highest BCUT2D eigenvalue weighted by Crippen LogP contribution is 2.32. The Labute approximate surface area is 186 Å². The molecule has 1 aromatic rings. The number of nitrogens with one attached hydrogen (secondary N) is 2. The Morgan fingerprint density at radius 3 is 2.72 bits per heavy atom. The molecule has 1 heterocycles. The number of nitrogens with zero attached hydrogens (tertiary/aromatic N) is 2. The molecule has 1 atom stereocenters. The highest BCUT2D eigenvalue weighted by Gasteiger charge is 2.32. The Morgan fingerprint density at radius 1 is 1.38 bits per heavy atom. The lowest BCUT2D eigenvalue weighted by molar-refractivity contribution is -0.137. The van der Waals surface area contributed by atoms with Crippen LogP contribution in [0.5, 0.6) is 0 Å². The zero-order valence-electron chi connectivity index (χ0n) is 16.2. The molecule has 0 bridgehead atoms. The molecule has 0 aromatic heterocycles. The summed E-state index contributed by atoms with van der Waals surface area (Å²) in [5.74, 6) is 0.568. The van der Waals surface area contributed by atoms with Gasteiger partial charge in [-0.15, -0.1) is 24.0 Å². The highest BCUT2D eigenvalue weighted by atomic mass is 127. The van der Waals surface area contributed by atoms with Crippen molar-refractivity contribution in [2.45, 2.75) is 19.2 Å². The molecule has 0 saturated carbocycles. The SMILES string of the molecule is CCNC(=NCCNS(C)(=O)=O)N1CCOC(c2cccc(C(F)(F)F)c2)C1.I. The molecule has 2 rings (SSSR count). The maximum Gasteiger partial charge on any atom is 0.416 e. The second-order valence-corrected chi connectivity index (χ2v) is 8.16. The molecule has 0 aliphatic carbocycles. The summed E-state index contributed by atoms with van der Waals surface area (Å²) >= 11 is 0. The molecule has 1 unspecified atom stereocenters. The summed E-state index contributed by atoms with van der Waals surface area (Å²) < 4.78 is 69.2. The molecule has 1 aromatic carbocycles. The lowest BCUT2D eigenvalue weighted by Gasteiger charge is -2.35. The minimum atomic E-state index is -4.41. The van der Waals surface area contributed by atoms with Crippen molar-refractivity contribution in [3.05, 3.63) is 35.4 Å². The highest BCUT2D eigenvalue weighted by molar-refractivity contribution is 14.0. The Kier molecular flexibility index (Phi) is 10.1. The van der Waals surface area contributed by atoms with E-state index in [0.717, 1.165) is 18.4 Å². The summed E-state index contributed by atoms with van der Waals surface area (Å²) in [6, 6.07) is 5.12. The topological polar surface area (TPSA) is 83.0 Å². The van der Waals surface area contributed by atoms with E-state index in [1.54, 1.807) is 6.07 Å². The first kappa shape index (κ1) is 25.9. The Hall–Kier alpha value is -1.12. The number of rotatable bonds is 6. The maximum atomic E-state index is 13.0. The molecule has 2 N–H and O–H groups in total. The number of sulfonamides is 1. The van der Waals surface area contributed by atoms with E-state index >= 15 is 0 Å². The van der Waals surface area contributed by atoms with E-state index in [0.29, 0.717) is 37.8 Å². The molecular weight excluding hydrogens is 524 g/mol. The van der Waals surface area contributed by atoms with Crippen molar-refractivity contribution in [1.82, 2.24) is 14.9 Å². The first-order chi connectivity index (χ1) is 13.1. The van der Waals surface area contributed by atoms with Crippen LogP contribution in [0.15, 0.2) is 29.3 Å². The van der Waals surface area contributed by atoms with Crippen LogP contribution in [0, 0.1) is 0 Å². The largest absolute Gasteiger partial charge is 0.416 e. The predicted octanol–water partition coefficient (Wildman–Crippen LogP) is 2.21. The van der Waals surface area contributed by atoms with Crippen molar-refractivity contribution in [3.8, 4) is 0 Å². The van der Waals surface area contributed by atoms with E-state index in [4.69, 9.17) is 4.74 Å². The molecule has 0 amide bonds. The van der Waals surface area contributed by atoms with E-state index < -0.39 is 27.9 Å². The van der Waals surface area contributed by atoms with E-state index in [1.807, 2.05) is 11.8 Å². The van der Waals surface area contributed by atoms with Crippen LogP contribution in [0.4, 0.5) is 13.2 Å². The standard InChI is InChI=1S/C17H25F3N4O3S.HI/c1-3-21-16(22-7-8-23-28(2,25)26)24-9-10-27-15(12-24)13-5-4-6-14(11-13)17(18,19)20;/h4-6,11,15,23H,3,7-10,12H2,1-2H3,(H,21,22);1H. The van der Waals surface area contributed by atoms with E-state index in [1.165, 1.54) is 6.07 Å². The fourth-order valence-electron chi connectivity index (χ4n) is 2.78. The van der Waals surface area contributed by atoms with Gasteiger partial charge in [0.25, 0.3) is 0 Å². The number of aliphatic imine (C=N–C) groups is 1. The van der Waals surface area contributed by atoms with Crippen LogP contribution < -0.4 is 10.0 Å². The summed E-state index contributed by atoms with van der Waals surface area (Å²) in [6.45, 7) is 4.11. The van der Waals surface area contributed by atoms with Crippen LogP contribution in [0.1, 0.15) is 24.2 Å². The Morgan fingerprint density at radius 2 is 2.10 bits per heavy atom. The molecule has 0 spiro atoms. The number of guanidine groups is 1. The van der Waals surface area contributed by atoms with Crippen molar-refractivity contribution in [2.75, 3.05) is 45.6 Å². The Balaban J connectivity index is 0.00000420. The predicted molar refractivity (Wildman–Crippen MR) is 116 cm³/mol. The second kappa shape index (κ2) is 11.3. The number of morpholine rings is 1. The van der Waals surface area contributed by atoms with Gasteiger partial charge in [-0.2, -0.15) is 13.2 Å². The first-order valence-electron chi connectivity index (χ1n) is 8.87. The Bertz CT molecular complexity index is 790. The zero-order valence-corrected chi connectivity index (χ0v) is 19.3. The fraction of sp³-hybridized carbons (Fsp3) is 0.588. The maximum absolute atomic E-state index is 13.0. The molecular formula is C17H26F3IN4O3S. The molecule has 1 aliphatic heterocycles. The van der Waals surface area contributed by atoms with Crippen LogP contribution >= 0.6 is 24.0 Å². The second-order valence-electron chi connectivity index (χ2n) is 6.33. The molecule has 1 fully saturated rings. The zero-order chi connectivity index (χ0) is 20.8. The minimum Gasteiger partial charge on any atom is -0.370 e. The van der Waals surface area contributed by atoms with Crippen molar-refractivity contribution in [3.63, 3.8) is 0 Å². The third-order valence-electron chi connectivity index (χ3n) is 4.02. The van der Waals surface area contributed by atoms with Gasteiger partial charge >= 0.3 is 6.18 Å². The van der Waals surface area contributed by atoms with Gasteiger partial charge in [0.2, 0.25) is 10.0 Å². The fourth-order valence-corrected chi connectivity index (χ4v) is 3.24. The average Bonchev–Trinajstić information content (AvgIpc) is 2.63. The number of benzene rings is 1. The van der Waals surface area contributed by atoms with Gasteiger partial charge in [0.15, 0.2) is 5.96 Å². The van der Waals surface area contributed by atoms with Crippen LogP contribution in [0.2, 0.25) is 0 Å². The van der Waals surface area contributed by atoms with Crippen molar-refractivity contribution in [2.24, 2.45) is 4.99 Å². The lowest BCUT2D eigenvalue weighted by atomic mass is 10.0. The van der Waals surface area contributed by atoms with Gasteiger partial charge < -0.3 is 15.0 Å². The molecule has 166 valence electrons. The van der Waals surface area contributed by atoms with Crippen molar-refractivity contribution >= 4 is 40.0 Å². The third-order valence-corrected chi connectivity index (χ3v) is 4.75. The normalized spacial score (nSPS) is 18.3. The van der Waals surface area contributed by atoms with Crippen LogP contribution in [0.25, 0.3) is 0 Å². The summed E-state index contributed by atoms with van der Waals surface area (Å²) in [5.41, 5.74) is -0.257. The van der Waals surface area contributed by atoms with Crippen molar-refractivity contribution < 1.29 is 26.3 Å². The van der Waals surface area contributed by atoms with Gasteiger partial charge in [0.1, 0.15) is 6.10 Å². The number of hydrogen-bond donors (Lipinski definition) is 2. The summed E-state index contributed by atoms with van der Waals surface area (Å²) in [4.78, 5) is 6.30. The number of alkyl halides is 3. The molecule has 1 aliphatic rings. The number of halogens is 4. The van der Waals surface area contributed by atoms with Crippen LogP contribution in [0.3, 0.4) is 0 Å². The van der Waals surface area contributed by atoms with Crippen molar-refractivity contribution in [1.29, 1.82) is 0 Å². The molecule has 0 radical (unpaired) electrons. The van der Waals surface area contributed by atoms with E-state index in [-0.39, 0.29) is 37.1 Å².